The van der Waals surface area contributed by atoms with Gasteiger partial charge in [-0.25, -0.2) is 4.98 Å². The van der Waals surface area contributed by atoms with E-state index < -0.39 is 11.7 Å². The van der Waals surface area contributed by atoms with Crippen LogP contribution in [-0.4, -0.2) is 49.3 Å². The summed E-state index contributed by atoms with van der Waals surface area (Å²) in [5.74, 6) is 0. The number of alkyl halides is 3. The molecule has 1 aromatic heterocycles. The van der Waals surface area contributed by atoms with Gasteiger partial charge in [-0.05, 0) is 61.0 Å². The summed E-state index contributed by atoms with van der Waals surface area (Å²) in [6.07, 6.45) is 0.203. The van der Waals surface area contributed by atoms with Crippen molar-refractivity contribution in [3.8, 4) is 0 Å². The molecule has 2 heterocycles. The zero-order valence-electron chi connectivity index (χ0n) is 18.0. The predicted molar refractivity (Wildman–Crippen MR) is 127 cm³/mol. The Bertz CT molecular complexity index is 1110. The van der Waals surface area contributed by atoms with Crippen molar-refractivity contribution in [2.24, 2.45) is 0 Å². The van der Waals surface area contributed by atoms with Crippen LogP contribution in [0.25, 0.3) is 23.1 Å². The fourth-order valence-corrected chi connectivity index (χ4v) is 3.94. The SMILES string of the molecule is FC(F)(F)c1ccc(/C=C/c2cc(NCCCN3CCOCC3)c3cc(Cl)ccc3n2)cc1. The molecule has 1 fully saturated rings. The van der Waals surface area contributed by atoms with Crippen molar-refractivity contribution in [3.63, 3.8) is 0 Å². The first-order valence-corrected chi connectivity index (χ1v) is 11.3. The van der Waals surface area contributed by atoms with Crippen molar-refractivity contribution in [2.45, 2.75) is 12.6 Å². The van der Waals surface area contributed by atoms with E-state index in [1.54, 1.807) is 18.2 Å². The van der Waals surface area contributed by atoms with E-state index in [9.17, 15) is 13.2 Å². The number of nitrogens with one attached hydrogen (secondary N) is 1. The summed E-state index contributed by atoms with van der Waals surface area (Å²) < 4.78 is 43.7. The van der Waals surface area contributed by atoms with Gasteiger partial charge < -0.3 is 10.1 Å². The molecule has 0 atom stereocenters. The number of nitrogens with zero attached hydrogens (tertiary/aromatic N) is 2. The monoisotopic (exact) mass is 475 g/mol. The van der Waals surface area contributed by atoms with Gasteiger partial charge in [-0.15, -0.1) is 0 Å². The predicted octanol–water partition coefficient (Wildman–Crippen LogP) is 6.21. The minimum Gasteiger partial charge on any atom is -0.384 e. The molecule has 0 bridgehead atoms. The Morgan fingerprint density at radius 2 is 1.79 bits per heavy atom. The van der Waals surface area contributed by atoms with E-state index in [1.807, 2.05) is 18.2 Å². The van der Waals surface area contributed by atoms with Gasteiger partial charge in [0.15, 0.2) is 0 Å². The Labute approximate surface area is 196 Å². The standard InChI is InChI=1S/C25H25ClF3N3O/c26-20-7-9-23-22(16-20)24(30-10-1-11-32-12-14-33-15-13-32)17-21(31-23)8-4-18-2-5-19(6-3-18)25(27,28)29/h2-9,16-17H,1,10-15H2,(H,30,31)/b8-4+. The van der Waals surface area contributed by atoms with Crippen LogP contribution in [0.2, 0.25) is 5.02 Å². The lowest BCUT2D eigenvalue weighted by Gasteiger charge is -2.26. The Morgan fingerprint density at radius 1 is 1.03 bits per heavy atom. The molecule has 2 aromatic carbocycles. The molecule has 8 heteroatoms. The molecule has 1 saturated heterocycles. The normalized spacial score (nSPS) is 15.4. The fourth-order valence-electron chi connectivity index (χ4n) is 3.77. The van der Waals surface area contributed by atoms with E-state index in [1.165, 1.54) is 12.1 Å². The lowest BCUT2D eigenvalue weighted by atomic mass is 10.1. The molecule has 3 aromatic rings. The molecule has 0 radical (unpaired) electrons. The number of benzene rings is 2. The number of rotatable bonds is 7. The number of hydrogen-bond donors (Lipinski definition) is 1. The first-order valence-electron chi connectivity index (χ1n) is 10.9. The third-order valence-electron chi connectivity index (χ3n) is 5.55. The van der Waals surface area contributed by atoms with E-state index in [0.717, 1.165) is 74.5 Å². The van der Waals surface area contributed by atoms with Gasteiger partial charge in [-0.1, -0.05) is 29.8 Å². The van der Waals surface area contributed by atoms with Crippen LogP contribution < -0.4 is 5.32 Å². The molecule has 4 rings (SSSR count). The molecule has 1 aliphatic rings. The van der Waals surface area contributed by atoms with Crippen molar-refractivity contribution in [1.29, 1.82) is 0 Å². The highest BCUT2D eigenvalue weighted by Crippen LogP contribution is 2.30. The highest BCUT2D eigenvalue weighted by molar-refractivity contribution is 6.31. The molecule has 33 heavy (non-hydrogen) atoms. The van der Waals surface area contributed by atoms with Gasteiger partial charge in [-0.2, -0.15) is 13.2 Å². The molecule has 0 spiro atoms. The summed E-state index contributed by atoms with van der Waals surface area (Å²) in [7, 11) is 0. The second kappa shape index (κ2) is 10.5. The second-order valence-corrected chi connectivity index (χ2v) is 8.38. The van der Waals surface area contributed by atoms with Crippen LogP contribution >= 0.6 is 11.6 Å². The van der Waals surface area contributed by atoms with E-state index in [0.29, 0.717) is 16.3 Å². The average molecular weight is 476 g/mol. The van der Waals surface area contributed by atoms with E-state index in [2.05, 4.69) is 15.2 Å². The van der Waals surface area contributed by atoms with Crippen molar-refractivity contribution in [2.75, 3.05) is 44.7 Å². The van der Waals surface area contributed by atoms with Crippen LogP contribution in [-0.2, 0) is 10.9 Å². The Hall–Kier alpha value is -2.61. The maximum Gasteiger partial charge on any atom is 0.416 e. The number of aromatic nitrogens is 1. The van der Waals surface area contributed by atoms with Crippen LogP contribution in [0.3, 0.4) is 0 Å². The molecule has 0 unspecified atom stereocenters. The number of anilines is 1. The zero-order chi connectivity index (χ0) is 23.3. The summed E-state index contributed by atoms with van der Waals surface area (Å²) in [5, 5.41) is 5.07. The molecule has 174 valence electrons. The lowest BCUT2D eigenvalue weighted by Crippen LogP contribution is -2.37. The van der Waals surface area contributed by atoms with Gasteiger partial charge in [0.2, 0.25) is 0 Å². The Balaban J connectivity index is 1.48. The number of halogens is 4. The summed E-state index contributed by atoms with van der Waals surface area (Å²) in [4.78, 5) is 7.06. The van der Waals surface area contributed by atoms with Gasteiger partial charge in [0.1, 0.15) is 0 Å². The Morgan fingerprint density at radius 3 is 2.52 bits per heavy atom. The van der Waals surface area contributed by atoms with Gasteiger partial charge in [-0.3, -0.25) is 4.90 Å². The van der Waals surface area contributed by atoms with Crippen molar-refractivity contribution in [3.05, 3.63) is 70.4 Å². The first kappa shape index (κ1) is 23.5. The molecule has 4 nitrogen and oxygen atoms in total. The summed E-state index contributed by atoms with van der Waals surface area (Å²) >= 11 is 6.21. The molecule has 1 aliphatic heterocycles. The summed E-state index contributed by atoms with van der Waals surface area (Å²) in [5.41, 5.74) is 2.44. The number of fused-ring (bicyclic) bond motifs is 1. The molecular formula is C25H25ClF3N3O. The lowest BCUT2D eigenvalue weighted by molar-refractivity contribution is -0.137. The molecule has 0 saturated carbocycles. The van der Waals surface area contributed by atoms with E-state index in [4.69, 9.17) is 16.3 Å². The largest absolute Gasteiger partial charge is 0.416 e. The average Bonchev–Trinajstić information content (AvgIpc) is 2.81. The van der Waals surface area contributed by atoms with E-state index in [-0.39, 0.29) is 0 Å². The van der Waals surface area contributed by atoms with Crippen LogP contribution in [0, 0.1) is 0 Å². The smallest absolute Gasteiger partial charge is 0.384 e. The summed E-state index contributed by atoms with van der Waals surface area (Å²) in [6.45, 7) is 5.30. The van der Waals surface area contributed by atoms with Crippen LogP contribution in [0.1, 0.15) is 23.2 Å². The second-order valence-electron chi connectivity index (χ2n) is 7.94. The fraction of sp³-hybridized carbons (Fsp3) is 0.320. The zero-order valence-corrected chi connectivity index (χ0v) is 18.8. The number of pyridine rings is 1. The highest BCUT2D eigenvalue weighted by atomic mass is 35.5. The van der Waals surface area contributed by atoms with Gasteiger partial charge in [0, 0.05) is 35.7 Å². The number of hydrogen-bond acceptors (Lipinski definition) is 4. The molecule has 1 N–H and O–H groups in total. The van der Waals surface area contributed by atoms with Gasteiger partial charge in [0.25, 0.3) is 0 Å². The van der Waals surface area contributed by atoms with Crippen molar-refractivity contribution < 1.29 is 17.9 Å². The molecular weight excluding hydrogens is 451 g/mol. The summed E-state index contributed by atoms with van der Waals surface area (Å²) in [6, 6.07) is 12.5. The molecule has 0 aliphatic carbocycles. The minimum atomic E-state index is -4.34. The number of ether oxygens (including phenoxy) is 1. The topological polar surface area (TPSA) is 37.4 Å². The quantitative estimate of drug-likeness (QED) is 0.412. The van der Waals surface area contributed by atoms with Gasteiger partial charge >= 0.3 is 6.18 Å². The number of morpholine rings is 1. The third-order valence-corrected chi connectivity index (χ3v) is 5.78. The third kappa shape index (κ3) is 6.47. The maximum absolute atomic E-state index is 12.8. The van der Waals surface area contributed by atoms with E-state index >= 15 is 0 Å². The first-order chi connectivity index (χ1) is 15.9. The van der Waals surface area contributed by atoms with Crippen molar-refractivity contribution >= 4 is 40.3 Å². The van der Waals surface area contributed by atoms with Gasteiger partial charge in [0.05, 0.1) is 30.0 Å². The van der Waals surface area contributed by atoms with Crippen LogP contribution in [0.15, 0.2) is 48.5 Å². The Kier molecular flexibility index (Phi) is 7.53. The maximum atomic E-state index is 12.8. The highest BCUT2D eigenvalue weighted by Gasteiger charge is 2.29. The molecule has 0 amide bonds. The van der Waals surface area contributed by atoms with Crippen molar-refractivity contribution in [1.82, 2.24) is 9.88 Å². The van der Waals surface area contributed by atoms with Crippen LogP contribution in [0.5, 0.6) is 0 Å². The minimum absolute atomic E-state index is 0.633. The van der Waals surface area contributed by atoms with Crippen LogP contribution in [0.4, 0.5) is 18.9 Å².